The molecule has 0 bridgehead atoms. The number of hydrazone groups is 1. The van der Waals surface area contributed by atoms with Crippen LogP contribution in [0.3, 0.4) is 0 Å². The number of aryl methyl sites for hydroxylation is 1. The number of amides is 5. The van der Waals surface area contributed by atoms with E-state index < -0.39 is 29.7 Å². The van der Waals surface area contributed by atoms with Crippen LogP contribution in [0.4, 0.5) is 23.0 Å². The van der Waals surface area contributed by atoms with Crippen LogP contribution in [-0.2, 0) is 25.5 Å². The van der Waals surface area contributed by atoms with Crippen LogP contribution in [0.15, 0.2) is 77.9 Å². The first-order valence-corrected chi connectivity index (χ1v) is 19.9. The molecule has 5 amide bonds. The summed E-state index contributed by atoms with van der Waals surface area (Å²) < 4.78 is 11.5. The Morgan fingerprint density at radius 2 is 1.73 bits per heavy atom. The smallest absolute Gasteiger partial charge is 0.320 e. The molecule has 2 saturated heterocycles. The predicted octanol–water partition coefficient (Wildman–Crippen LogP) is 4.70. The van der Waals surface area contributed by atoms with Crippen LogP contribution in [0.25, 0.3) is 0 Å². The predicted molar refractivity (Wildman–Crippen MR) is 222 cm³/mol. The Bertz CT molecular complexity index is 2220. The monoisotopic (exact) mass is 801 g/mol. The number of hydrogen-bond acceptors (Lipinski definition) is 13. The van der Waals surface area contributed by atoms with E-state index in [4.69, 9.17) is 9.47 Å². The highest BCUT2D eigenvalue weighted by Crippen LogP contribution is 2.30. The summed E-state index contributed by atoms with van der Waals surface area (Å²) in [6, 6.07) is 21.7. The van der Waals surface area contributed by atoms with Gasteiger partial charge in [-0.1, -0.05) is 48.4 Å². The summed E-state index contributed by atoms with van der Waals surface area (Å²) in [6.07, 6.45) is 5.21. The Morgan fingerprint density at radius 3 is 2.53 bits per heavy atom. The van der Waals surface area contributed by atoms with Crippen molar-refractivity contribution in [3.8, 4) is 6.01 Å². The van der Waals surface area contributed by atoms with Gasteiger partial charge >= 0.3 is 6.01 Å². The van der Waals surface area contributed by atoms with Crippen molar-refractivity contribution in [2.45, 2.75) is 57.9 Å². The zero-order chi connectivity index (χ0) is 41.1. The third kappa shape index (κ3) is 10.6. The van der Waals surface area contributed by atoms with E-state index in [9.17, 15) is 24.0 Å². The second-order valence-corrected chi connectivity index (χ2v) is 14.6. The van der Waals surface area contributed by atoms with Crippen molar-refractivity contribution < 1.29 is 33.4 Å². The van der Waals surface area contributed by atoms with Crippen LogP contribution in [0.1, 0.15) is 75.9 Å². The number of unbranched alkanes of at least 4 members (excludes halogenated alkanes) is 2. The van der Waals surface area contributed by atoms with E-state index in [0.29, 0.717) is 75.9 Å². The minimum Gasteiger partial charge on any atom is -0.463 e. The number of aromatic nitrogens is 2. The number of fused-ring (bicyclic) bond motifs is 1. The first kappa shape index (κ1) is 40.5. The number of ether oxygens (including phenoxy) is 2. The van der Waals surface area contributed by atoms with E-state index in [0.717, 1.165) is 40.2 Å². The lowest BCUT2D eigenvalue weighted by Gasteiger charge is -2.28. The number of morpholine rings is 1. The average Bonchev–Trinajstić information content (AvgIpc) is 3.48. The van der Waals surface area contributed by atoms with Gasteiger partial charge in [0.25, 0.3) is 11.8 Å². The first-order chi connectivity index (χ1) is 28.7. The number of carbonyl (C=O) groups is 5. The standard InChI is InChI=1S/C43H47N9O7/c1-28-6-5-7-30(24-28)27-45-50-36-26-37(51-19-22-58-23-20-51)48-43(47-36)59-21-17-29-9-11-31(12-10-29)46-38(53)8-3-2-4-18-44-32-13-14-33-34(25-32)42(57)52(41(33)56)35-15-16-39(54)49-40(35)55/h5-7,9-14,24-27,35,44H,2-4,8,15-23H2,1H3,(H,46,53)(H,47,48,50)(H,49,54,55)/b45-27+. The van der Waals surface area contributed by atoms with Crippen LogP contribution in [0.2, 0.25) is 0 Å². The fourth-order valence-electron chi connectivity index (χ4n) is 7.05. The van der Waals surface area contributed by atoms with Gasteiger partial charge in [0.15, 0.2) is 5.82 Å². The van der Waals surface area contributed by atoms with Crippen LogP contribution in [0, 0.1) is 6.92 Å². The Morgan fingerprint density at radius 1 is 0.932 bits per heavy atom. The highest BCUT2D eigenvalue weighted by Gasteiger charge is 2.44. The molecule has 1 unspecified atom stereocenters. The van der Waals surface area contributed by atoms with Gasteiger partial charge in [0.05, 0.1) is 37.2 Å². The Balaban J connectivity index is 0.815. The summed E-state index contributed by atoms with van der Waals surface area (Å²) in [4.78, 5) is 74.8. The van der Waals surface area contributed by atoms with Crippen molar-refractivity contribution in [3.05, 3.63) is 101 Å². The number of rotatable bonds is 17. The van der Waals surface area contributed by atoms with Gasteiger partial charge in [0.2, 0.25) is 17.7 Å². The number of anilines is 4. The zero-order valence-corrected chi connectivity index (χ0v) is 32.9. The molecule has 16 nitrogen and oxygen atoms in total. The molecular weight excluding hydrogens is 755 g/mol. The summed E-state index contributed by atoms with van der Waals surface area (Å²) in [7, 11) is 0. The lowest BCUT2D eigenvalue weighted by atomic mass is 10.0. The van der Waals surface area contributed by atoms with Crippen molar-refractivity contribution in [3.63, 3.8) is 0 Å². The van der Waals surface area contributed by atoms with Crippen LogP contribution >= 0.6 is 0 Å². The largest absolute Gasteiger partial charge is 0.463 e. The fraction of sp³-hybridized carbons (Fsp3) is 0.349. The number of nitrogens with one attached hydrogen (secondary N) is 4. The van der Waals surface area contributed by atoms with E-state index in [-0.39, 0.29) is 35.9 Å². The van der Waals surface area contributed by atoms with Gasteiger partial charge in [-0.15, -0.1) is 0 Å². The minimum absolute atomic E-state index is 0.0682. The second kappa shape index (κ2) is 19.2. The number of hydrogen-bond donors (Lipinski definition) is 4. The molecule has 306 valence electrons. The highest BCUT2D eigenvalue weighted by molar-refractivity contribution is 6.23. The molecular formula is C43H47N9O7. The molecule has 7 rings (SSSR count). The number of imide groups is 2. The minimum atomic E-state index is -1.00. The molecule has 3 aliphatic rings. The van der Waals surface area contributed by atoms with Gasteiger partial charge in [0, 0.05) is 56.3 Å². The quantitative estimate of drug-likeness (QED) is 0.0498. The van der Waals surface area contributed by atoms with Gasteiger partial charge < -0.3 is 25.0 Å². The zero-order valence-electron chi connectivity index (χ0n) is 32.9. The first-order valence-electron chi connectivity index (χ1n) is 19.9. The van der Waals surface area contributed by atoms with Gasteiger partial charge in [-0.2, -0.15) is 15.1 Å². The maximum absolute atomic E-state index is 13.1. The molecule has 2 fully saturated rings. The fourth-order valence-corrected chi connectivity index (χ4v) is 7.05. The summed E-state index contributed by atoms with van der Waals surface area (Å²) in [6.45, 7) is 5.67. The van der Waals surface area contributed by atoms with Gasteiger partial charge in [-0.05, 0) is 67.6 Å². The van der Waals surface area contributed by atoms with E-state index in [1.54, 1.807) is 24.4 Å². The molecule has 0 spiro atoms. The van der Waals surface area contributed by atoms with Crippen molar-refractivity contribution in [1.29, 1.82) is 0 Å². The molecule has 4 heterocycles. The van der Waals surface area contributed by atoms with E-state index in [2.05, 4.69) is 41.3 Å². The third-order valence-corrected chi connectivity index (χ3v) is 10.2. The molecule has 1 atom stereocenters. The van der Waals surface area contributed by atoms with Crippen molar-refractivity contribution in [2.24, 2.45) is 5.10 Å². The maximum Gasteiger partial charge on any atom is 0.320 e. The molecule has 4 N–H and O–H groups in total. The number of carbonyl (C=O) groups excluding carboxylic acids is 5. The highest BCUT2D eigenvalue weighted by atomic mass is 16.5. The molecule has 0 saturated carbocycles. The van der Waals surface area contributed by atoms with E-state index in [1.165, 1.54) is 0 Å². The average molecular weight is 802 g/mol. The van der Waals surface area contributed by atoms with E-state index in [1.807, 2.05) is 61.5 Å². The summed E-state index contributed by atoms with van der Waals surface area (Å²) >= 11 is 0. The lowest BCUT2D eigenvalue weighted by Crippen LogP contribution is -2.54. The van der Waals surface area contributed by atoms with Crippen LogP contribution in [0.5, 0.6) is 6.01 Å². The Hall–Kier alpha value is -6.68. The normalized spacial score (nSPS) is 16.6. The molecule has 0 radical (unpaired) electrons. The van der Waals surface area contributed by atoms with Gasteiger partial charge in [-0.25, -0.2) is 0 Å². The SMILES string of the molecule is Cc1cccc(/C=N/Nc2cc(N3CCOCC3)nc(OCCc3ccc(NC(=O)CCCCCNc4ccc5c(c4)C(=O)N(C4CCC(=O)NC4=O)C5=O)cc3)n2)c1. The summed E-state index contributed by atoms with van der Waals surface area (Å²) in [5, 5.41) is 12.8. The molecule has 0 aliphatic carbocycles. The second-order valence-electron chi connectivity index (χ2n) is 14.6. The van der Waals surface area contributed by atoms with E-state index >= 15 is 0 Å². The molecule has 3 aromatic carbocycles. The Kier molecular flexibility index (Phi) is 13.2. The van der Waals surface area contributed by atoms with Gasteiger partial charge in [-0.3, -0.25) is 39.6 Å². The lowest BCUT2D eigenvalue weighted by molar-refractivity contribution is -0.136. The summed E-state index contributed by atoms with van der Waals surface area (Å²) in [5.41, 5.74) is 8.03. The molecule has 4 aromatic rings. The number of nitrogens with zero attached hydrogens (tertiary/aromatic N) is 5. The maximum atomic E-state index is 13.1. The number of benzene rings is 3. The molecule has 1 aromatic heterocycles. The number of piperidine rings is 1. The summed E-state index contributed by atoms with van der Waals surface area (Å²) in [5.74, 6) is -0.942. The van der Waals surface area contributed by atoms with Crippen molar-refractivity contribution in [1.82, 2.24) is 20.2 Å². The molecule has 16 heteroatoms. The third-order valence-electron chi connectivity index (χ3n) is 10.2. The molecule has 3 aliphatic heterocycles. The van der Waals surface area contributed by atoms with Gasteiger partial charge in [0.1, 0.15) is 11.9 Å². The van der Waals surface area contributed by atoms with Crippen LogP contribution in [-0.4, -0.2) is 96.1 Å². The van der Waals surface area contributed by atoms with Crippen LogP contribution < -0.4 is 31.0 Å². The molecule has 59 heavy (non-hydrogen) atoms. The Labute approximate surface area is 341 Å². The van der Waals surface area contributed by atoms with Crippen molar-refractivity contribution in [2.75, 3.05) is 60.4 Å². The topological polar surface area (TPSA) is 197 Å². The van der Waals surface area contributed by atoms with Crippen molar-refractivity contribution >= 4 is 58.8 Å².